The number of nitrogens with zero attached hydrogens (tertiary/aromatic N) is 2. The molecule has 7 heteroatoms. The number of hydrogen-bond acceptors (Lipinski definition) is 5. The van der Waals surface area contributed by atoms with Crippen LogP contribution in [0.3, 0.4) is 0 Å². The second-order valence-electron chi connectivity index (χ2n) is 4.96. The van der Waals surface area contributed by atoms with Crippen LogP contribution in [0.2, 0.25) is 0 Å². The number of nitrogens with one attached hydrogen (secondary N) is 1. The van der Waals surface area contributed by atoms with Gasteiger partial charge in [0.1, 0.15) is 0 Å². The highest BCUT2D eigenvalue weighted by Crippen LogP contribution is 2.28. The maximum Gasteiger partial charge on any atom is 0.260 e. The van der Waals surface area contributed by atoms with E-state index in [0.29, 0.717) is 23.0 Å². The van der Waals surface area contributed by atoms with Crippen LogP contribution in [0.15, 0.2) is 27.2 Å². The molecular formula is C13H15BrN4O2. The average Bonchev–Trinajstić information content (AvgIpc) is 2.77. The van der Waals surface area contributed by atoms with Gasteiger partial charge in [-0.3, -0.25) is 4.79 Å². The first-order valence-corrected chi connectivity index (χ1v) is 6.77. The van der Waals surface area contributed by atoms with Crippen molar-refractivity contribution in [3.05, 3.63) is 28.5 Å². The van der Waals surface area contributed by atoms with Crippen LogP contribution in [0.5, 0.6) is 0 Å². The minimum Gasteiger partial charge on any atom is -0.398 e. The molecule has 1 heterocycles. The fraction of sp³-hybridized carbons (Fsp3) is 0.308. The third kappa shape index (κ3) is 2.98. The predicted octanol–water partition coefficient (Wildman–Crippen LogP) is 2.45. The van der Waals surface area contributed by atoms with Crippen LogP contribution < -0.4 is 11.1 Å². The zero-order valence-electron chi connectivity index (χ0n) is 11.4. The Bertz CT molecular complexity index is 652. The smallest absolute Gasteiger partial charge is 0.260 e. The van der Waals surface area contributed by atoms with E-state index in [1.807, 2.05) is 6.07 Å². The summed E-state index contributed by atoms with van der Waals surface area (Å²) in [6.45, 7) is 5.04. The Kier molecular flexibility index (Phi) is 3.80. The molecule has 2 rings (SSSR count). The van der Waals surface area contributed by atoms with Gasteiger partial charge in [-0.2, -0.15) is 4.98 Å². The standard InChI is InChI=1S/C13H15BrN4O2/c1-7(19)17-13(2,3)12-16-11(20-18-12)9-5-4-8(14)6-10(9)15/h4-6H,15H2,1-3H3,(H,17,19). The highest BCUT2D eigenvalue weighted by atomic mass is 79.9. The SMILES string of the molecule is CC(=O)NC(C)(C)c1noc(-c2ccc(Br)cc2N)n1. The summed E-state index contributed by atoms with van der Waals surface area (Å²) < 4.78 is 6.10. The van der Waals surface area contributed by atoms with Crippen molar-refractivity contribution in [2.45, 2.75) is 26.3 Å². The fourth-order valence-electron chi connectivity index (χ4n) is 1.81. The third-order valence-corrected chi connectivity index (χ3v) is 3.21. The molecule has 0 unspecified atom stereocenters. The number of rotatable bonds is 3. The predicted molar refractivity (Wildman–Crippen MR) is 78.7 cm³/mol. The number of halogens is 1. The summed E-state index contributed by atoms with van der Waals surface area (Å²) >= 11 is 3.34. The quantitative estimate of drug-likeness (QED) is 0.838. The highest BCUT2D eigenvalue weighted by Gasteiger charge is 2.28. The topological polar surface area (TPSA) is 94.0 Å². The van der Waals surface area contributed by atoms with Crippen molar-refractivity contribution in [3.63, 3.8) is 0 Å². The largest absolute Gasteiger partial charge is 0.398 e. The molecule has 20 heavy (non-hydrogen) atoms. The summed E-state index contributed by atoms with van der Waals surface area (Å²) in [5.74, 6) is 0.554. The second kappa shape index (κ2) is 5.24. The number of aromatic nitrogens is 2. The van der Waals surface area contributed by atoms with Gasteiger partial charge < -0.3 is 15.6 Å². The Morgan fingerprint density at radius 2 is 2.15 bits per heavy atom. The first kappa shape index (κ1) is 14.5. The van der Waals surface area contributed by atoms with Crippen LogP contribution in [-0.2, 0) is 10.3 Å². The lowest BCUT2D eigenvalue weighted by Crippen LogP contribution is -2.40. The Balaban J connectivity index is 2.35. The molecule has 0 aliphatic carbocycles. The Morgan fingerprint density at radius 3 is 2.75 bits per heavy atom. The van der Waals surface area contributed by atoms with Gasteiger partial charge in [0.25, 0.3) is 5.89 Å². The van der Waals surface area contributed by atoms with Crippen molar-refractivity contribution in [2.75, 3.05) is 5.73 Å². The average molecular weight is 339 g/mol. The monoisotopic (exact) mass is 338 g/mol. The van der Waals surface area contributed by atoms with E-state index in [1.54, 1.807) is 26.0 Å². The van der Waals surface area contributed by atoms with Crippen molar-refractivity contribution in [1.82, 2.24) is 15.5 Å². The molecule has 0 aliphatic rings. The number of hydrogen-bond donors (Lipinski definition) is 2. The van der Waals surface area contributed by atoms with Crippen molar-refractivity contribution >= 4 is 27.5 Å². The van der Waals surface area contributed by atoms with Crippen molar-refractivity contribution in [2.24, 2.45) is 0 Å². The Hall–Kier alpha value is -1.89. The number of amides is 1. The van der Waals surface area contributed by atoms with Crippen LogP contribution in [0.25, 0.3) is 11.5 Å². The van der Waals surface area contributed by atoms with Crippen molar-refractivity contribution in [3.8, 4) is 11.5 Å². The van der Waals surface area contributed by atoms with E-state index in [-0.39, 0.29) is 5.91 Å². The summed E-state index contributed by atoms with van der Waals surface area (Å²) in [4.78, 5) is 15.5. The van der Waals surface area contributed by atoms with E-state index in [9.17, 15) is 4.79 Å². The van der Waals surface area contributed by atoms with Gasteiger partial charge in [0, 0.05) is 17.1 Å². The summed E-state index contributed by atoms with van der Waals surface area (Å²) in [7, 11) is 0. The lowest BCUT2D eigenvalue weighted by atomic mass is 10.1. The van der Waals surface area contributed by atoms with E-state index in [1.165, 1.54) is 6.92 Å². The fourth-order valence-corrected chi connectivity index (χ4v) is 2.19. The summed E-state index contributed by atoms with van der Waals surface area (Å²) in [5, 5.41) is 6.67. The van der Waals surface area contributed by atoms with Crippen LogP contribution >= 0.6 is 15.9 Å². The minimum absolute atomic E-state index is 0.162. The zero-order valence-corrected chi connectivity index (χ0v) is 13.0. The van der Waals surface area contributed by atoms with Gasteiger partial charge in [-0.1, -0.05) is 21.1 Å². The van der Waals surface area contributed by atoms with Gasteiger partial charge in [-0.05, 0) is 32.0 Å². The van der Waals surface area contributed by atoms with Gasteiger partial charge in [0.2, 0.25) is 5.91 Å². The van der Waals surface area contributed by atoms with E-state index in [0.717, 1.165) is 4.47 Å². The molecule has 1 amide bonds. The first-order valence-electron chi connectivity index (χ1n) is 5.98. The van der Waals surface area contributed by atoms with Gasteiger partial charge in [-0.25, -0.2) is 0 Å². The maximum atomic E-state index is 11.2. The van der Waals surface area contributed by atoms with E-state index >= 15 is 0 Å². The molecule has 1 aromatic heterocycles. The summed E-state index contributed by atoms with van der Waals surface area (Å²) in [6, 6.07) is 5.40. The second-order valence-corrected chi connectivity index (χ2v) is 5.88. The number of nitrogen functional groups attached to an aromatic ring is 1. The number of carbonyl (C=O) groups excluding carboxylic acids is 1. The molecule has 106 valence electrons. The Morgan fingerprint density at radius 1 is 1.45 bits per heavy atom. The van der Waals surface area contributed by atoms with Gasteiger partial charge in [0.05, 0.1) is 11.1 Å². The summed E-state index contributed by atoms with van der Waals surface area (Å²) in [6.07, 6.45) is 0. The minimum atomic E-state index is -0.711. The van der Waals surface area contributed by atoms with E-state index < -0.39 is 5.54 Å². The molecule has 6 nitrogen and oxygen atoms in total. The van der Waals surface area contributed by atoms with Crippen LogP contribution in [0.4, 0.5) is 5.69 Å². The van der Waals surface area contributed by atoms with Crippen molar-refractivity contribution in [1.29, 1.82) is 0 Å². The molecule has 0 aliphatic heterocycles. The van der Waals surface area contributed by atoms with Gasteiger partial charge in [0.15, 0.2) is 5.82 Å². The molecule has 0 fully saturated rings. The molecular weight excluding hydrogens is 324 g/mol. The normalized spacial score (nSPS) is 11.4. The lowest BCUT2D eigenvalue weighted by molar-refractivity contribution is -0.120. The number of nitrogens with two attached hydrogens (primary N) is 1. The molecule has 0 saturated heterocycles. The van der Waals surface area contributed by atoms with Gasteiger partial charge >= 0.3 is 0 Å². The molecule has 2 aromatic rings. The number of carbonyl (C=O) groups is 1. The Labute approximate surface area is 124 Å². The molecule has 0 bridgehead atoms. The van der Waals surface area contributed by atoms with Crippen LogP contribution in [-0.4, -0.2) is 16.0 Å². The lowest BCUT2D eigenvalue weighted by Gasteiger charge is -2.20. The molecule has 0 atom stereocenters. The molecule has 3 N–H and O–H groups in total. The summed E-state index contributed by atoms with van der Waals surface area (Å²) in [5.41, 5.74) is 6.41. The maximum absolute atomic E-state index is 11.2. The van der Waals surface area contributed by atoms with Crippen LogP contribution in [0.1, 0.15) is 26.6 Å². The highest BCUT2D eigenvalue weighted by molar-refractivity contribution is 9.10. The van der Waals surface area contributed by atoms with Gasteiger partial charge in [-0.15, -0.1) is 0 Å². The third-order valence-electron chi connectivity index (χ3n) is 2.72. The molecule has 1 aromatic carbocycles. The molecule has 0 radical (unpaired) electrons. The molecule has 0 saturated carbocycles. The first-order chi connectivity index (χ1) is 9.29. The molecule has 0 spiro atoms. The van der Waals surface area contributed by atoms with E-state index in [4.69, 9.17) is 10.3 Å². The number of anilines is 1. The van der Waals surface area contributed by atoms with E-state index in [2.05, 4.69) is 31.4 Å². The number of benzene rings is 1. The van der Waals surface area contributed by atoms with Crippen LogP contribution in [0, 0.1) is 0 Å². The van der Waals surface area contributed by atoms with Crippen molar-refractivity contribution < 1.29 is 9.32 Å². The zero-order chi connectivity index (χ0) is 14.9.